The average Bonchev–Trinajstić information content (AvgIpc) is 3.12. The fourth-order valence-corrected chi connectivity index (χ4v) is 3.38. The van der Waals surface area contributed by atoms with Crippen LogP contribution in [0.2, 0.25) is 0 Å². The van der Waals surface area contributed by atoms with Gasteiger partial charge in [-0.05, 0) is 50.4 Å². The Morgan fingerprint density at radius 3 is 2.42 bits per heavy atom. The highest BCUT2D eigenvalue weighted by Crippen LogP contribution is 2.32. The number of nitrogens with zero attached hydrogens (tertiary/aromatic N) is 3. The SMILES string of the molecule is CN(C)CCCNC(=S)N1N=C(c2ccccc2)CC1c1ccccc1. The maximum Gasteiger partial charge on any atom is 0.190 e. The topological polar surface area (TPSA) is 30.9 Å². The minimum absolute atomic E-state index is 0.139. The van der Waals surface area contributed by atoms with E-state index in [-0.39, 0.29) is 6.04 Å². The molecule has 0 aliphatic carbocycles. The Balaban J connectivity index is 1.75. The van der Waals surface area contributed by atoms with Crippen molar-refractivity contribution in [3.8, 4) is 0 Å². The molecule has 1 aliphatic rings. The number of thiocarbonyl (C=S) groups is 1. The Morgan fingerprint density at radius 1 is 1.12 bits per heavy atom. The van der Waals surface area contributed by atoms with Crippen LogP contribution >= 0.6 is 12.2 Å². The van der Waals surface area contributed by atoms with Crippen LogP contribution in [0.25, 0.3) is 0 Å². The monoisotopic (exact) mass is 366 g/mol. The van der Waals surface area contributed by atoms with Gasteiger partial charge >= 0.3 is 0 Å². The zero-order valence-corrected chi connectivity index (χ0v) is 16.2. The lowest BCUT2D eigenvalue weighted by molar-refractivity contribution is 0.359. The van der Waals surface area contributed by atoms with Crippen molar-refractivity contribution in [3.63, 3.8) is 0 Å². The first-order valence-corrected chi connectivity index (χ1v) is 9.45. The number of hydrazone groups is 1. The first kappa shape index (κ1) is 18.5. The van der Waals surface area contributed by atoms with Crippen molar-refractivity contribution in [2.24, 2.45) is 5.10 Å². The van der Waals surface area contributed by atoms with Crippen LogP contribution in [0, 0.1) is 0 Å². The zero-order valence-electron chi connectivity index (χ0n) is 15.4. The van der Waals surface area contributed by atoms with Crippen molar-refractivity contribution in [1.82, 2.24) is 15.2 Å². The van der Waals surface area contributed by atoms with Crippen molar-refractivity contribution >= 4 is 23.0 Å². The van der Waals surface area contributed by atoms with Crippen LogP contribution in [-0.2, 0) is 0 Å². The second-order valence-corrected chi connectivity index (χ2v) is 7.16. The van der Waals surface area contributed by atoms with Crippen molar-refractivity contribution in [3.05, 3.63) is 71.8 Å². The first-order valence-electron chi connectivity index (χ1n) is 9.05. The highest BCUT2D eigenvalue weighted by molar-refractivity contribution is 7.80. The van der Waals surface area contributed by atoms with Gasteiger partial charge in [0.2, 0.25) is 0 Å². The van der Waals surface area contributed by atoms with E-state index in [4.69, 9.17) is 17.3 Å². The third-order valence-corrected chi connectivity index (χ3v) is 4.80. The fraction of sp³-hybridized carbons (Fsp3) is 0.333. The lowest BCUT2D eigenvalue weighted by Crippen LogP contribution is -2.37. The summed E-state index contributed by atoms with van der Waals surface area (Å²) >= 11 is 5.67. The molecule has 4 nitrogen and oxygen atoms in total. The van der Waals surface area contributed by atoms with E-state index in [2.05, 4.69) is 72.8 Å². The highest BCUT2D eigenvalue weighted by atomic mass is 32.1. The van der Waals surface area contributed by atoms with Gasteiger partial charge in [-0.2, -0.15) is 5.10 Å². The van der Waals surface area contributed by atoms with Gasteiger partial charge < -0.3 is 10.2 Å². The smallest absolute Gasteiger partial charge is 0.190 e. The second-order valence-electron chi connectivity index (χ2n) is 6.78. The first-order chi connectivity index (χ1) is 12.6. The molecule has 2 aromatic rings. The van der Waals surface area contributed by atoms with E-state index in [9.17, 15) is 0 Å². The van der Waals surface area contributed by atoms with Crippen molar-refractivity contribution in [2.45, 2.75) is 18.9 Å². The van der Waals surface area contributed by atoms with Gasteiger partial charge in [-0.15, -0.1) is 0 Å². The van der Waals surface area contributed by atoms with Crippen LogP contribution in [-0.4, -0.2) is 47.9 Å². The zero-order chi connectivity index (χ0) is 18.4. The second kappa shape index (κ2) is 8.92. The Labute approximate surface area is 161 Å². The van der Waals surface area contributed by atoms with Crippen LogP contribution in [0.15, 0.2) is 65.8 Å². The number of nitrogens with one attached hydrogen (secondary N) is 1. The predicted molar refractivity (Wildman–Crippen MR) is 112 cm³/mol. The van der Waals surface area contributed by atoms with Gasteiger partial charge in [-0.25, -0.2) is 5.01 Å². The van der Waals surface area contributed by atoms with E-state index in [1.54, 1.807) is 0 Å². The van der Waals surface area contributed by atoms with Crippen LogP contribution < -0.4 is 5.32 Å². The largest absolute Gasteiger partial charge is 0.361 e. The summed E-state index contributed by atoms with van der Waals surface area (Å²) in [7, 11) is 4.17. The van der Waals surface area contributed by atoms with Gasteiger partial charge in [0, 0.05) is 13.0 Å². The average molecular weight is 367 g/mol. The molecule has 26 heavy (non-hydrogen) atoms. The molecule has 1 unspecified atom stereocenters. The number of benzene rings is 2. The van der Waals surface area contributed by atoms with Crippen LogP contribution in [0.1, 0.15) is 30.0 Å². The van der Waals surface area contributed by atoms with E-state index < -0.39 is 0 Å². The normalized spacial score (nSPS) is 16.7. The summed E-state index contributed by atoms with van der Waals surface area (Å²) < 4.78 is 0. The molecule has 0 fully saturated rings. The van der Waals surface area contributed by atoms with Crippen LogP contribution in [0.3, 0.4) is 0 Å². The van der Waals surface area contributed by atoms with Gasteiger partial charge in [0.15, 0.2) is 5.11 Å². The summed E-state index contributed by atoms with van der Waals surface area (Å²) in [5, 5.41) is 10.9. The van der Waals surface area contributed by atoms with Gasteiger partial charge in [0.25, 0.3) is 0 Å². The van der Waals surface area contributed by atoms with Gasteiger partial charge in [0.05, 0.1) is 11.8 Å². The van der Waals surface area contributed by atoms with Gasteiger partial charge in [-0.1, -0.05) is 60.7 Å². The molecule has 1 aliphatic heterocycles. The van der Waals surface area contributed by atoms with E-state index in [1.807, 2.05) is 17.1 Å². The molecular weight excluding hydrogens is 340 g/mol. The Kier molecular flexibility index (Phi) is 6.36. The summed E-state index contributed by atoms with van der Waals surface area (Å²) in [6, 6.07) is 21.0. The highest BCUT2D eigenvalue weighted by Gasteiger charge is 2.31. The van der Waals surface area contributed by atoms with E-state index in [0.717, 1.165) is 37.2 Å². The van der Waals surface area contributed by atoms with E-state index >= 15 is 0 Å². The number of hydrogen-bond acceptors (Lipinski definition) is 3. The maximum absolute atomic E-state index is 5.67. The summed E-state index contributed by atoms with van der Waals surface area (Å²) in [4.78, 5) is 2.18. The molecule has 0 aromatic heterocycles. The summed E-state index contributed by atoms with van der Waals surface area (Å²) in [5.41, 5.74) is 3.47. The number of hydrogen-bond donors (Lipinski definition) is 1. The molecule has 1 atom stereocenters. The van der Waals surface area contributed by atoms with Crippen molar-refractivity contribution in [2.75, 3.05) is 27.2 Å². The molecule has 2 aromatic carbocycles. The molecule has 0 amide bonds. The molecule has 0 spiro atoms. The summed E-state index contributed by atoms with van der Waals surface area (Å²) in [6.45, 7) is 1.89. The van der Waals surface area contributed by atoms with Crippen LogP contribution in [0.4, 0.5) is 0 Å². The minimum atomic E-state index is 0.139. The minimum Gasteiger partial charge on any atom is -0.361 e. The van der Waals surface area contributed by atoms with E-state index in [1.165, 1.54) is 5.56 Å². The molecule has 3 rings (SSSR count). The Bertz CT molecular complexity index is 743. The standard InChI is InChI=1S/C21H26N4S/c1-24(2)15-9-14-22-21(26)25-20(18-12-7-4-8-13-18)16-19(23-25)17-10-5-3-6-11-17/h3-8,10-13,20H,9,14-16H2,1-2H3,(H,22,26). The lowest BCUT2D eigenvalue weighted by Gasteiger charge is -2.25. The predicted octanol–water partition coefficient (Wildman–Crippen LogP) is 3.66. The Morgan fingerprint density at radius 2 is 1.77 bits per heavy atom. The molecule has 0 saturated heterocycles. The third kappa shape index (κ3) is 4.68. The van der Waals surface area contributed by atoms with Crippen LogP contribution in [0.5, 0.6) is 0 Å². The Hall–Kier alpha value is -2.24. The summed E-state index contributed by atoms with van der Waals surface area (Å²) in [6.07, 6.45) is 1.90. The van der Waals surface area contributed by atoms with Crippen molar-refractivity contribution in [1.29, 1.82) is 0 Å². The summed E-state index contributed by atoms with van der Waals surface area (Å²) in [5.74, 6) is 0. The maximum atomic E-state index is 5.67. The lowest BCUT2D eigenvalue weighted by atomic mass is 9.99. The molecule has 1 N–H and O–H groups in total. The molecular formula is C21H26N4S. The molecule has 0 radical (unpaired) electrons. The third-order valence-electron chi connectivity index (χ3n) is 4.47. The van der Waals surface area contributed by atoms with Gasteiger partial charge in [-0.3, -0.25) is 0 Å². The quantitative estimate of drug-likeness (QED) is 0.624. The molecule has 0 saturated carbocycles. The van der Waals surface area contributed by atoms with E-state index in [0.29, 0.717) is 5.11 Å². The van der Waals surface area contributed by atoms with Crippen molar-refractivity contribution < 1.29 is 0 Å². The molecule has 5 heteroatoms. The molecule has 136 valence electrons. The number of rotatable bonds is 6. The van der Waals surface area contributed by atoms with Gasteiger partial charge in [0.1, 0.15) is 0 Å². The fourth-order valence-electron chi connectivity index (χ4n) is 3.11. The molecule has 0 bridgehead atoms. The molecule has 1 heterocycles.